The van der Waals surface area contributed by atoms with Gasteiger partial charge in [-0.25, -0.2) is 18.2 Å². The molecule has 1 fully saturated rings. The third-order valence-electron chi connectivity index (χ3n) is 6.15. The molecule has 212 valence electrons. The van der Waals surface area contributed by atoms with Gasteiger partial charge in [0.05, 0.1) is 6.26 Å². The lowest BCUT2D eigenvalue weighted by atomic mass is 10.1. The number of thiazole rings is 1. The standard InChI is InChI=1S/C29H29N5O5S2/c1-18-11-12-21(26(35)31-22-13-14-22)16-24(18)32-28-33-25(20-9-6-10-23(15-20)34-41(2,37)38)27(40-28)39-29(36)30-17-19-7-4-3-5-8-19/h3-12,15-16,22,34H,13-14,17H2,1-2H3,(H,30,36)(H,31,35)(H,32,33). The van der Waals surface area contributed by atoms with Gasteiger partial charge in [-0.2, -0.15) is 0 Å². The Hall–Kier alpha value is -4.42. The van der Waals surface area contributed by atoms with E-state index < -0.39 is 16.1 Å². The number of aromatic nitrogens is 1. The zero-order chi connectivity index (χ0) is 29.0. The van der Waals surface area contributed by atoms with Gasteiger partial charge in [0.15, 0.2) is 5.13 Å². The van der Waals surface area contributed by atoms with Crippen LogP contribution in [0.15, 0.2) is 72.8 Å². The summed E-state index contributed by atoms with van der Waals surface area (Å²) in [7, 11) is -3.50. The predicted octanol–water partition coefficient (Wildman–Crippen LogP) is 5.41. The van der Waals surface area contributed by atoms with Crippen LogP contribution in [0.2, 0.25) is 0 Å². The second kappa shape index (κ2) is 12.0. The molecule has 10 nitrogen and oxygen atoms in total. The Morgan fingerprint density at radius 1 is 1.02 bits per heavy atom. The number of rotatable bonds is 10. The normalized spacial score (nSPS) is 12.8. The minimum atomic E-state index is -3.50. The first kappa shape index (κ1) is 28.1. The number of sulfonamides is 1. The number of carbonyl (C=O) groups excluding carboxylic acids is 2. The van der Waals surface area contributed by atoms with Crippen LogP contribution >= 0.6 is 11.3 Å². The molecule has 3 aromatic carbocycles. The fourth-order valence-corrected chi connectivity index (χ4v) is 5.36. The predicted molar refractivity (Wildman–Crippen MR) is 160 cm³/mol. The van der Waals surface area contributed by atoms with Crippen molar-refractivity contribution in [2.75, 3.05) is 16.3 Å². The Labute approximate surface area is 242 Å². The Morgan fingerprint density at radius 3 is 2.54 bits per heavy atom. The van der Waals surface area contributed by atoms with Crippen LogP contribution in [0.25, 0.3) is 11.3 Å². The van der Waals surface area contributed by atoms with Crippen LogP contribution in [0.1, 0.15) is 34.3 Å². The number of ether oxygens (including phenoxy) is 1. The molecule has 0 saturated heterocycles. The van der Waals surface area contributed by atoms with E-state index in [2.05, 4.69) is 25.7 Å². The van der Waals surface area contributed by atoms with Crippen molar-refractivity contribution in [1.82, 2.24) is 15.6 Å². The van der Waals surface area contributed by atoms with Gasteiger partial charge in [-0.3, -0.25) is 9.52 Å². The molecule has 1 saturated carbocycles. The van der Waals surface area contributed by atoms with Gasteiger partial charge in [0, 0.05) is 35.1 Å². The third kappa shape index (κ3) is 7.83. The van der Waals surface area contributed by atoms with Crippen molar-refractivity contribution >= 4 is 49.9 Å². The van der Waals surface area contributed by atoms with E-state index in [0.29, 0.717) is 33.3 Å². The number of nitrogens with zero attached hydrogens (tertiary/aromatic N) is 1. The number of hydrogen-bond acceptors (Lipinski definition) is 8. The SMILES string of the molecule is Cc1ccc(C(=O)NC2CC2)cc1Nc1nc(-c2cccc(NS(C)(=O)=O)c2)c(OC(=O)NCc2ccccc2)s1. The smallest absolute Gasteiger partial charge is 0.397 e. The van der Waals surface area contributed by atoms with Gasteiger partial charge >= 0.3 is 6.09 Å². The van der Waals surface area contributed by atoms with Crippen LogP contribution in [0.3, 0.4) is 0 Å². The van der Waals surface area contributed by atoms with E-state index in [1.807, 2.05) is 43.3 Å². The van der Waals surface area contributed by atoms with Crippen molar-refractivity contribution in [3.63, 3.8) is 0 Å². The minimum Gasteiger partial charge on any atom is -0.397 e. The van der Waals surface area contributed by atoms with Gasteiger partial charge in [-0.1, -0.05) is 59.9 Å². The third-order valence-corrected chi connectivity index (χ3v) is 7.61. The Morgan fingerprint density at radius 2 is 1.80 bits per heavy atom. The monoisotopic (exact) mass is 591 g/mol. The fourth-order valence-electron chi connectivity index (χ4n) is 3.96. The second-order valence-electron chi connectivity index (χ2n) is 9.74. The zero-order valence-electron chi connectivity index (χ0n) is 22.4. The highest BCUT2D eigenvalue weighted by molar-refractivity contribution is 7.92. The highest BCUT2D eigenvalue weighted by Gasteiger charge is 2.24. The van der Waals surface area contributed by atoms with E-state index in [1.165, 1.54) is 0 Å². The first-order valence-corrected chi connectivity index (χ1v) is 15.6. The molecular weight excluding hydrogens is 562 g/mol. The summed E-state index contributed by atoms with van der Waals surface area (Å²) in [4.78, 5) is 30.0. The molecule has 0 radical (unpaired) electrons. The Balaban J connectivity index is 1.42. The Kier molecular flexibility index (Phi) is 8.22. The van der Waals surface area contributed by atoms with Crippen LogP contribution in [0.4, 0.5) is 21.3 Å². The summed E-state index contributed by atoms with van der Waals surface area (Å²) >= 11 is 1.12. The molecule has 0 bridgehead atoms. The molecule has 4 aromatic rings. The van der Waals surface area contributed by atoms with E-state index in [9.17, 15) is 18.0 Å². The summed E-state index contributed by atoms with van der Waals surface area (Å²) in [6, 6.07) is 21.7. The lowest BCUT2D eigenvalue weighted by molar-refractivity contribution is 0.0951. The van der Waals surface area contributed by atoms with Crippen molar-refractivity contribution in [3.8, 4) is 16.3 Å². The highest BCUT2D eigenvalue weighted by Crippen LogP contribution is 2.40. The van der Waals surface area contributed by atoms with E-state index in [4.69, 9.17) is 4.74 Å². The summed E-state index contributed by atoms with van der Waals surface area (Å²) in [5.41, 5.74) is 4.26. The maximum atomic E-state index is 12.7. The van der Waals surface area contributed by atoms with Crippen LogP contribution in [-0.2, 0) is 16.6 Å². The lowest BCUT2D eigenvalue weighted by Gasteiger charge is -2.10. The number of anilines is 3. The fraction of sp³-hybridized carbons (Fsp3) is 0.207. The number of hydrogen-bond donors (Lipinski definition) is 4. The van der Waals surface area contributed by atoms with Gasteiger partial charge in [0.2, 0.25) is 15.1 Å². The molecule has 1 aromatic heterocycles. The molecule has 12 heteroatoms. The molecule has 0 spiro atoms. The quantitative estimate of drug-likeness (QED) is 0.193. The summed E-state index contributed by atoms with van der Waals surface area (Å²) in [6.45, 7) is 2.19. The van der Waals surface area contributed by atoms with E-state index >= 15 is 0 Å². The van der Waals surface area contributed by atoms with Crippen molar-refractivity contribution < 1.29 is 22.7 Å². The minimum absolute atomic E-state index is 0.135. The summed E-state index contributed by atoms with van der Waals surface area (Å²) < 4.78 is 31.7. The molecule has 1 heterocycles. The van der Waals surface area contributed by atoms with Crippen molar-refractivity contribution in [2.24, 2.45) is 0 Å². The Bertz CT molecular complexity index is 1680. The average Bonchev–Trinajstić information content (AvgIpc) is 3.66. The summed E-state index contributed by atoms with van der Waals surface area (Å²) in [5, 5.41) is 9.63. The topological polar surface area (TPSA) is 139 Å². The molecule has 0 unspecified atom stereocenters. The molecule has 5 rings (SSSR count). The van der Waals surface area contributed by atoms with Crippen molar-refractivity contribution in [2.45, 2.75) is 32.4 Å². The summed E-state index contributed by atoms with van der Waals surface area (Å²) in [5.74, 6) is -0.135. The highest BCUT2D eigenvalue weighted by atomic mass is 32.2. The first-order valence-electron chi connectivity index (χ1n) is 12.9. The van der Waals surface area contributed by atoms with Gasteiger partial charge in [0.25, 0.3) is 5.91 Å². The van der Waals surface area contributed by atoms with Crippen LogP contribution in [0.5, 0.6) is 5.06 Å². The second-order valence-corrected chi connectivity index (χ2v) is 12.5. The van der Waals surface area contributed by atoms with E-state index in [0.717, 1.165) is 41.6 Å². The van der Waals surface area contributed by atoms with Crippen molar-refractivity contribution in [3.05, 3.63) is 89.5 Å². The molecule has 1 aliphatic rings. The molecule has 1 aliphatic carbocycles. The van der Waals surface area contributed by atoms with Gasteiger partial charge in [-0.15, -0.1) is 0 Å². The first-order chi connectivity index (χ1) is 19.6. The van der Waals surface area contributed by atoms with Gasteiger partial charge in [0.1, 0.15) is 5.69 Å². The average molecular weight is 592 g/mol. The molecule has 4 N–H and O–H groups in total. The number of carbonyl (C=O) groups is 2. The molecule has 41 heavy (non-hydrogen) atoms. The van der Waals surface area contributed by atoms with Crippen LogP contribution in [0, 0.1) is 6.92 Å². The number of amides is 2. The number of aryl methyl sites for hydroxylation is 1. The molecular formula is C29H29N5O5S2. The largest absolute Gasteiger partial charge is 0.413 e. The van der Waals surface area contributed by atoms with Gasteiger partial charge in [-0.05, 0) is 55.2 Å². The van der Waals surface area contributed by atoms with Crippen LogP contribution in [-0.4, -0.2) is 37.7 Å². The van der Waals surface area contributed by atoms with Crippen LogP contribution < -0.4 is 25.4 Å². The maximum absolute atomic E-state index is 12.7. The van der Waals surface area contributed by atoms with E-state index in [-0.39, 0.29) is 23.6 Å². The molecule has 0 aliphatic heterocycles. The van der Waals surface area contributed by atoms with Gasteiger partial charge < -0.3 is 20.7 Å². The van der Waals surface area contributed by atoms with E-state index in [1.54, 1.807) is 36.4 Å². The lowest BCUT2D eigenvalue weighted by Crippen LogP contribution is -2.26. The zero-order valence-corrected chi connectivity index (χ0v) is 24.1. The maximum Gasteiger partial charge on any atom is 0.413 e. The van der Waals surface area contributed by atoms with Crippen molar-refractivity contribution in [1.29, 1.82) is 0 Å². The summed E-state index contributed by atoms with van der Waals surface area (Å²) in [6.07, 6.45) is 2.39. The molecule has 0 atom stereocenters. The number of benzene rings is 3. The number of nitrogens with one attached hydrogen (secondary N) is 4. The molecule has 2 amide bonds.